The number of thiophene rings is 1. The topological polar surface area (TPSA) is 12.0 Å². The summed E-state index contributed by atoms with van der Waals surface area (Å²) in [5, 5.41) is 5.28. The molecule has 0 saturated carbocycles. The van der Waals surface area contributed by atoms with Crippen molar-refractivity contribution in [2.75, 3.05) is 5.32 Å². The average molecular weight is 162 g/mol. The van der Waals surface area contributed by atoms with Gasteiger partial charge in [-0.3, -0.25) is 0 Å². The van der Waals surface area contributed by atoms with E-state index in [0.29, 0.717) is 0 Å². The first-order chi connectivity index (χ1) is 5.40. The maximum absolute atomic E-state index is 3.61. The van der Waals surface area contributed by atoms with Crippen LogP contribution >= 0.6 is 11.3 Å². The molecule has 1 aromatic carbocycles. The van der Waals surface area contributed by atoms with E-state index in [2.05, 4.69) is 30.6 Å². The van der Waals surface area contributed by atoms with Crippen LogP contribution in [-0.4, -0.2) is 0 Å². The molecular formula is C9H8NS. The molecule has 1 N–H and O–H groups in total. The first-order valence-electron chi connectivity index (χ1n) is 3.42. The first kappa shape index (κ1) is 6.68. The van der Waals surface area contributed by atoms with Crippen molar-refractivity contribution in [1.82, 2.24) is 0 Å². The number of hydrogen-bond donors (Lipinski definition) is 1. The van der Waals surface area contributed by atoms with Crippen molar-refractivity contribution >= 4 is 26.4 Å². The van der Waals surface area contributed by atoms with Crippen molar-refractivity contribution < 1.29 is 0 Å². The molecule has 0 unspecified atom stereocenters. The lowest BCUT2D eigenvalue weighted by Crippen LogP contribution is -1.74. The standard InChI is InChI=1S/C9H8NS/c1-10-9-6-7-4-2-3-5-8(7)11-9/h2-6,10H,1H2. The Hall–Kier alpha value is -1.02. The van der Waals surface area contributed by atoms with Crippen molar-refractivity contribution in [3.05, 3.63) is 37.4 Å². The number of hydrogen-bond acceptors (Lipinski definition) is 2. The molecule has 55 valence electrons. The Labute approximate surface area is 69.7 Å². The third kappa shape index (κ3) is 1.10. The summed E-state index contributed by atoms with van der Waals surface area (Å²) in [4.78, 5) is 0. The van der Waals surface area contributed by atoms with Crippen LogP contribution in [0.4, 0.5) is 5.00 Å². The Bertz CT molecular complexity index is 331. The third-order valence-corrected chi connectivity index (χ3v) is 2.67. The van der Waals surface area contributed by atoms with Gasteiger partial charge < -0.3 is 5.32 Å². The first-order valence-corrected chi connectivity index (χ1v) is 4.23. The van der Waals surface area contributed by atoms with Gasteiger partial charge in [-0.15, -0.1) is 11.3 Å². The van der Waals surface area contributed by atoms with E-state index in [-0.39, 0.29) is 0 Å². The van der Waals surface area contributed by atoms with Gasteiger partial charge in [0, 0.05) is 11.7 Å². The lowest BCUT2D eigenvalue weighted by molar-refractivity contribution is 1.73. The van der Waals surface area contributed by atoms with Crippen molar-refractivity contribution in [2.24, 2.45) is 0 Å². The number of anilines is 1. The molecule has 0 spiro atoms. The molecule has 2 heteroatoms. The summed E-state index contributed by atoms with van der Waals surface area (Å²) in [6, 6.07) is 10.4. The second kappa shape index (κ2) is 2.55. The molecule has 0 aliphatic heterocycles. The SMILES string of the molecule is [CH2]Nc1cc2ccccc2s1. The van der Waals surface area contributed by atoms with Gasteiger partial charge in [-0.05, 0) is 17.5 Å². The zero-order valence-corrected chi connectivity index (χ0v) is 6.82. The smallest absolute Gasteiger partial charge is 0.0895 e. The summed E-state index contributed by atoms with van der Waals surface area (Å²) in [6.07, 6.45) is 0. The van der Waals surface area contributed by atoms with Gasteiger partial charge in [0.1, 0.15) is 0 Å². The van der Waals surface area contributed by atoms with Gasteiger partial charge in [0.05, 0.1) is 5.00 Å². The fraction of sp³-hybridized carbons (Fsp3) is 0. The van der Waals surface area contributed by atoms with Crippen molar-refractivity contribution in [1.29, 1.82) is 0 Å². The van der Waals surface area contributed by atoms with Crippen LogP contribution in [0.5, 0.6) is 0 Å². The van der Waals surface area contributed by atoms with Gasteiger partial charge >= 0.3 is 0 Å². The molecular weight excluding hydrogens is 154 g/mol. The van der Waals surface area contributed by atoms with E-state index in [1.54, 1.807) is 11.3 Å². The lowest BCUT2D eigenvalue weighted by atomic mass is 10.3. The summed E-state index contributed by atoms with van der Waals surface area (Å²) in [6.45, 7) is 0. The molecule has 0 saturated heterocycles. The molecule has 2 rings (SSSR count). The predicted molar refractivity (Wildman–Crippen MR) is 50.8 cm³/mol. The normalized spacial score (nSPS) is 10.3. The molecule has 1 heterocycles. The van der Waals surface area contributed by atoms with Crippen LogP contribution < -0.4 is 5.32 Å². The molecule has 0 fully saturated rings. The van der Waals surface area contributed by atoms with Crippen LogP contribution in [0.2, 0.25) is 0 Å². The fourth-order valence-corrected chi connectivity index (χ4v) is 1.96. The minimum absolute atomic E-state index is 1.12. The van der Waals surface area contributed by atoms with E-state index in [9.17, 15) is 0 Å². The number of rotatable bonds is 1. The monoisotopic (exact) mass is 162 g/mol. The second-order valence-corrected chi connectivity index (χ2v) is 3.41. The van der Waals surface area contributed by atoms with Gasteiger partial charge in [-0.1, -0.05) is 18.2 Å². The molecule has 1 aromatic heterocycles. The average Bonchev–Trinajstić information content (AvgIpc) is 2.46. The van der Waals surface area contributed by atoms with E-state index < -0.39 is 0 Å². The van der Waals surface area contributed by atoms with E-state index in [0.717, 1.165) is 5.00 Å². The minimum Gasteiger partial charge on any atom is -0.375 e. The molecule has 2 aromatic rings. The van der Waals surface area contributed by atoms with Crippen molar-refractivity contribution in [3.63, 3.8) is 0 Å². The molecule has 0 aliphatic rings. The summed E-state index contributed by atoms with van der Waals surface area (Å²) >= 11 is 1.72. The molecule has 0 amide bonds. The van der Waals surface area contributed by atoms with Gasteiger partial charge in [0.2, 0.25) is 0 Å². The van der Waals surface area contributed by atoms with Crippen LogP contribution in [0.1, 0.15) is 0 Å². The minimum atomic E-state index is 1.12. The summed E-state index contributed by atoms with van der Waals surface area (Å²) < 4.78 is 1.30. The van der Waals surface area contributed by atoms with E-state index in [4.69, 9.17) is 0 Å². The number of fused-ring (bicyclic) bond motifs is 1. The van der Waals surface area contributed by atoms with E-state index in [1.165, 1.54) is 10.1 Å². The zero-order valence-electron chi connectivity index (χ0n) is 6.00. The maximum Gasteiger partial charge on any atom is 0.0895 e. The molecule has 0 atom stereocenters. The summed E-state index contributed by atoms with van der Waals surface area (Å²) in [5.74, 6) is 0. The van der Waals surface area contributed by atoms with E-state index in [1.807, 2.05) is 12.1 Å². The van der Waals surface area contributed by atoms with Crippen molar-refractivity contribution in [2.45, 2.75) is 0 Å². The highest BCUT2D eigenvalue weighted by Crippen LogP contribution is 2.28. The van der Waals surface area contributed by atoms with Crippen molar-refractivity contribution in [3.8, 4) is 0 Å². The fourth-order valence-electron chi connectivity index (χ4n) is 1.07. The molecule has 11 heavy (non-hydrogen) atoms. The highest BCUT2D eigenvalue weighted by molar-refractivity contribution is 7.22. The van der Waals surface area contributed by atoms with Gasteiger partial charge in [0.15, 0.2) is 0 Å². The summed E-state index contributed by atoms with van der Waals surface area (Å²) in [5.41, 5.74) is 0. The van der Waals surface area contributed by atoms with Crippen LogP contribution in [0.25, 0.3) is 10.1 Å². The largest absolute Gasteiger partial charge is 0.375 e. The van der Waals surface area contributed by atoms with Crippen LogP contribution in [0, 0.1) is 7.05 Å². The number of benzene rings is 1. The highest BCUT2D eigenvalue weighted by atomic mass is 32.1. The second-order valence-electron chi connectivity index (χ2n) is 2.33. The van der Waals surface area contributed by atoms with Crippen LogP contribution in [0.3, 0.4) is 0 Å². The van der Waals surface area contributed by atoms with Crippen LogP contribution in [-0.2, 0) is 0 Å². The third-order valence-electron chi connectivity index (χ3n) is 1.60. The Morgan fingerprint density at radius 1 is 1.27 bits per heavy atom. The predicted octanol–water partition coefficient (Wildman–Crippen LogP) is 3.10. The highest BCUT2D eigenvalue weighted by Gasteiger charge is 1.96. The summed E-state index contributed by atoms with van der Waals surface area (Å²) in [7, 11) is 3.61. The lowest BCUT2D eigenvalue weighted by Gasteiger charge is -1.86. The quantitative estimate of drug-likeness (QED) is 0.679. The molecule has 0 aliphatic carbocycles. The Morgan fingerprint density at radius 3 is 2.82 bits per heavy atom. The van der Waals surface area contributed by atoms with Crippen LogP contribution in [0.15, 0.2) is 30.3 Å². The maximum atomic E-state index is 3.61. The van der Waals surface area contributed by atoms with Gasteiger partial charge in [-0.25, -0.2) is 0 Å². The Balaban J connectivity index is 2.69. The molecule has 1 radical (unpaired) electrons. The molecule has 0 bridgehead atoms. The Kier molecular flexibility index (Phi) is 1.55. The Morgan fingerprint density at radius 2 is 2.09 bits per heavy atom. The van der Waals surface area contributed by atoms with Gasteiger partial charge in [-0.2, -0.15) is 0 Å². The zero-order chi connectivity index (χ0) is 7.68. The molecule has 1 nitrogen and oxygen atoms in total. The van der Waals surface area contributed by atoms with Gasteiger partial charge in [0.25, 0.3) is 0 Å². The number of nitrogens with one attached hydrogen (secondary N) is 1. The van der Waals surface area contributed by atoms with E-state index >= 15 is 0 Å².